The fourth-order valence-corrected chi connectivity index (χ4v) is 2.26. The van der Waals surface area contributed by atoms with Gasteiger partial charge in [-0.25, -0.2) is 0 Å². The van der Waals surface area contributed by atoms with Crippen molar-refractivity contribution in [1.82, 2.24) is 10.2 Å². The van der Waals surface area contributed by atoms with Gasteiger partial charge in [-0.15, -0.1) is 10.2 Å². The third-order valence-corrected chi connectivity index (χ3v) is 3.57. The predicted molar refractivity (Wildman–Crippen MR) is 80.4 cm³/mol. The van der Waals surface area contributed by atoms with Crippen molar-refractivity contribution in [3.05, 3.63) is 42.0 Å². The zero-order chi connectivity index (χ0) is 15.1. The lowest BCUT2D eigenvalue weighted by molar-refractivity contribution is 0.174. The maximum absolute atomic E-state index is 5.92. The van der Waals surface area contributed by atoms with Crippen molar-refractivity contribution in [1.29, 1.82) is 0 Å². The topological polar surface area (TPSA) is 83.4 Å². The van der Waals surface area contributed by atoms with Crippen LogP contribution < -0.4 is 15.2 Å². The number of anilines is 1. The first-order valence-corrected chi connectivity index (χ1v) is 6.81. The normalized spacial score (nSPS) is 12.6. The highest BCUT2D eigenvalue weighted by Crippen LogP contribution is 2.36. The summed E-state index contributed by atoms with van der Waals surface area (Å²) in [6.07, 6.45) is 0. The minimum atomic E-state index is 0.233. The first-order valence-electron chi connectivity index (χ1n) is 6.81. The molecule has 2 heterocycles. The van der Waals surface area contributed by atoms with Gasteiger partial charge in [0.1, 0.15) is 0 Å². The number of aromatic nitrogens is 2. The Morgan fingerprint density at radius 1 is 0.909 bits per heavy atom. The van der Waals surface area contributed by atoms with Crippen LogP contribution in [0.5, 0.6) is 11.5 Å². The number of hydrogen-bond donors (Lipinski definition) is 1. The molecule has 0 saturated carbocycles. The SMILES string of the molecule is Cc1ccc(-c2nnc(-c3ccc4c(c3)OCO4)o2)cc1N. The lowest BCUT2D eigenvalue weighted by Gasteiger charge is -2.01. The van der Waals surface area contributed by atoms with E-state index in [2.05, 4.69) is 10.2 Å². The lowest BCUT2D eigenvalue weighted by Crippen LogP contribution is -1.92. The quantitative estimate of drug-likeness (QED) is 0.732. The summed E-state index contributed by atoms with van der Waals surface area (Å²) in [5, 5.41) is 8.17. The smallest absolute Gasteiger partial charge is 0.248 e. The van der Waals surface area contributed by atoms with Crippen LogP contribution in [0.4, 0.5) is 5.69 Å². The van der Waals surface area contributed by atoms with Crippen molar-refractivity contribution in [2.24, 2.45) is 0 Å². The Hall–Kier alpha value is -3.02. The van der Waals surface area contributed by atoms with Gasteiger partial charge in [0.25, 0.3) is 0 Å². The van der Waals surface area contributed by atoms with Gasteiger partial charge >= 0.3 is 0 Å². The Labute approximate surface area is 126 Å². The molecule has 4 rings (SSSR count). The predicted octanol–water partition coefficient (Wildman–Crippen LogP) is 3.02. The first-order chi connectivity index (χ1) is 10.7. The van der Waals surface area contributed by atoms with Crippen LogP contribution in [-0.2, 0) is 0 Å². The number of aryl methyl sites for hydroxylation is 1. The molecular weight excluding hydrogens is 282 g/mol. The summed E-state index contributed by atoms with van der Waals surface area (Å²) in [5.74, 6) is 2.25. The van der Waals surface area contributed by atoms with Crippen molar-refractivity contribution in [3.63, 3.8) is 0 Å². The number of nitrogen functional groups attached to an aromatic ring is 1. The largest absolute Gasteiger partial charge is 0.454 e. The molecule has 3 aromatic rings. The van der Waals surface area contributed by atoms with Gasteiger partial charge in [0.2, 0.25) is 18.6 Å². The molecule has 2 N–H and O–H groups in total. The Balaban J connectivity index is 1.70. The van der Waals surface area contributed by atoms with E-state index in [1.807, 2.05) is 43.3 Å². The molecule has 6 heteroatoms. The minimum Gasteiger partial charge on any atom is -0.454 e. The molecule has 1 aromatic heterocycles. The molecule has 0 saturated heterocycles. The van der Waals surface area contributed by atoms with Gasteiger partial charge in [0.05, 0.1) is 0 Å². The average Bonchev–Trinajstić information content (AvgIpc) is 3.17. The maximum Gasteiger partial charge on any atom is 0.248 e. The van der Waals surface area contributed by atoms with Gasteiger partial charge in [-0.1, -0.05) is 6.07 Å². The number of fused-ring (bicyclic) bond motifs is 1. The van der Waals surface area contributed by atoms with Gasteiger partial charge < -0.3 is 19.6 Å². The minimum absolute atomic E-state index is 0.233. The van der Waals surface area contributed by atoms with Crippen LogP contribution in [-0.4, -0.2) is 17.0 Å². The van der Waals surface area contributed by atoms with Crippen molar-refractivity contribution in [3.8, 4) is 34.4 Å². The number of rotatable bonds is 2. The molecule has 110 valence electrons. The molecule has 0 unspecified atom stereocenters. The van der Waals surface area contributed by atoms with E-state index < -0.39 is 0 Å². The van der Waals surface area contributed by atoms with Crippen LogP contribution in [0.1, 0.15) is 5.56 Å². The summed E-state index contributed by atoms with van der Waals surface area (Å²) in [6.45, 7) is 2.18. The summed E-state index contributed by atoms with van der Waals surface area (Å²) in [6, 6.07) is 11.2. The second-order valence-corrected chi connectivity index (χ2v) is 5.05. The molecule has 0 fully saturated rings. The van der Waals surface area contributed by atoms with Gasteiger partial charge in [0.15, 0.2) is 11.5 Å². The number of benzene rings is 2. The second kappa shape index (κ2) is 4.77. The zero-order valence-electron chi connectivity index (χ0n) is 11.9. The summed E-state index contributed by atoms with van der Waals surface area (Å²) in [5.41, 5.74) is 9.20. The third-order valence-electron chi connectivity index (χ3n) is 3.57. The molecule has 22 heavy (non-hydrogen) atoms. The Morgan fingerprint density at radius 2 is 1.59 bits per heavy atom. The molecule has 0 radical (unpaired) electrons. The molecule has 1 aliphatic heterocycles. The number of ether oxygens (including phenoxy) is 2. The fraction of sp³-hybridized carbons (Fsp3) is 0.125. The van der Waals surface area contributed by atoms with Gasteiger partial charge in [0, 0.05) is 16.8 Å². The number of hydrogen-bond acceptors (Lipinski definition) is 6. The molecule has 6 nitrogen and oxygen atoms in total. The fourth-order valence-electron chi connectivity index (χ4n) is 2.26. The van der Waals surface area contributed by atoms with Crippen molar-refractivity contribution in [2.75, 3.05) is 12.5 Å². The van der Waals surface area contributed by atoms with E-state index in [1.165, 1.54) is 0 Å². The molecule has 2 aromatic carbocycles. The highest BCUT2D eigenvalue weighted by atomic mass is 16.7. The van der Waals surface area contributed by atoms with E-state index >= 15 is 0 Å². The van der Waals surface area contributed by atoms with Crippen molar-refractivity contribution < 1.29 is 13.9 Å². The molecule has 0 amide bonds. The van der Waals surface area contributed by atoms with E-state index in [-0.39, 0.29) is 6.79 Å². The van der Waals surface area contributed by atoms with Crippen LogP contribution in [0.15, 0.2) is 40.8 Å². The van der Waals surface area contributed by atoms with Crippen LogP contribution in [0.3, 0.4) is 0 Å². The van der Waals surface area contributed by atoms with Crippen molar-refractivity contribution in [2.45, 2.75) is 6.92 Å². The second-order valence-electron chi connectivity index (χ2n) is 5.05. The Kier molecular flexibility index (Phi) is 2.75. The summed E-state index contributed by atoms with van der Waals surface area (Å²) in [4.78, 5) is 0. The average molecular weight is 295 g/mol. The molecule has 1 aliphatic rings. The zero-order valence-corrected chi connectivity index (χ0v) is 11.9. The summed E-state index contributed by atoms with van der Waals surface area (Å²) < 4.78 is 16.4. The number of nitrogens with zero attached hydrogens (tertiary/aromatic N) is 2. The van der Waals surface area contributed by atoms with Crippen LogP contribution in [0, 0.1) is 6.92 Å². The van der Waals surface area contributed by atoms with E-state index in [0.717, 1.165) is 22.4 Å². The highest BCUT2D eigenvalue weighted by molar-refractivity contribution is 5.65. The van der Waals surface area contributed by atoms with Gasteiger partial charge in [-0.05, 0) is 42.8 Å². The van der Waals surface area contributed by atoms with Gasteiger partial charge in [-0.3, -0.25) is 0 Å². The third kappa shape index (κ3) is 2.05. The van der Waals surface area contributed by atoms with Crippen LogP contribution in [0.2, 0.25) is 0 Å². The summed E-state index contributed by atoms with van der Waals surface area (Å²) >= 11 is 0. The standard InChI is InChI=1S/C16H13N3O3/c1-9-2-3-10(6-12(9)17)15-18-19-16(22-15)11-4-5-13-14(7-11)21-8-20-13/h2-7H,8,17H2,1H3. The summed E-state index contributed by atoms with van der Waals surface area (Å²) in [7, 11) is 0. The van der Waals surface area contributed by atoms with Crippen molar-refractivity contribution >= 4 is 5.69 Å². The van der Waals surface area contributed by atoms with E-state index in [0.29, 0.717) is 23.2 Å². The molecular formula is C16H13N3O3. The monoisotopic (exact) mass is 295 g/mol. The number of nitrogens with two attached hydrogens (primary N) is 1. The van der Waals surface area contributed by atoms with Gasteiger partial charge in [-0.2, -0.15) is 0 Å². The Morgan fingerprint density at radius 3 is 2.36 bits per heavy atom. The van der Waals surface area contributed by atoms with E-state index in [9.17, 15) is 0 Å². The van der Waals surface area contributed by atoms with Crippen LogP contribution in [0.25, 0.3) is 22.9 Å². The maximum atomic E-state index is 5.92. The van der Waals surface area contributed by atoms with Crippen LogP contribution >= 0.6 is 0 Å². The highest BCUT2D eigenvalue weighted by Gasteiger charge is 2.17. The molecule has 0 aliphatic carbocycles. The first kappa shape index (κ1) is 12.7. The molecule has 0 spiro atoms. The molecule has 0 atom stereocenters. The Bertz CT molecular complexity index is 858. The van der Waals surface area contributed by atoms with E-state index in [1.54, 1.807) is 0 Å². The molecule has 0 bridgehead atoms. The van der Waals surface area contributed by atoms with E-state index in [4.69, 9.17) is 19.6 Å². The lowest BCUT2D eigenvalue weighted by atomic mass is 10.1.